The van der Waals surface area contributed by atoms with Crippen LogP contribution in [-0.4, -0.2) is 50.9 Å². The summed E-state index contributed by atoms with van der Waals surface area (Å²) in [6.45, 7) is 4.96. The van der Waals surface area contributed by atoms with Gasteiger partial charge in [-0.3, -0.25) is 4.79 Å². The van der Waals surface area contributed by atoms with E-state index in [1.54, 1.807) is 6.33 Å². The standard InChI is InChI=1S/C17H19N5O2.CH2O2/c1-10-3-4-14-16(20-10)17(19-9-18-14)21-15-8-23-7-12(15)6-13-5-11(2)22-24-13;2-1-3/h3-5,9,12,15H,6-8H2,1-2H3,(H,18,19,21);1H,(H,2,3)/t12-,15+;/m1./s1. The summed E-state index contributed by atoms with van der Waals surface area (Å²) in [5, 5.41) is 14.3. The normalized spacial score (nSPS) is 18.7. The highest BCUT2D eigenvalue weighted by Gasteiger charge is 2.30. The van der Waals surface area contributed by atoms with Crippen molar-refractivity contribution >= 4 is 23.3 Å². The van der Waals surface area contributed by atoms with Gasteiger partial charge >= 0.3 is 0 Å². The van der Waals surface area contributed by atoms with Crippen LogP contribution >= 0.6 is 0 Å². The van der Waals surface area contributed by atoms with Crippen LogP contribution in [0.1, 0.15) is 17.1 Å². The molecule has 3 aromatic heterocycles. The van der Waals surface area contributed by atoms with E-state index in [0.29, 0.717) is 19.1 Å². The van der Waals surface area contributed by atoms with Crippen molar-refractivity contribution in [2.24, 2.45) is 5.92 Å². The van der Waals surface area contributed by atoms with E-state index in [1.807, 2.05) is 32.0 Å². The lowest BCUT2D eigenvalue weighted by molar-refractivity contribution is -0.122. The van der Waals surface area contributed by atoms with E-state index in [9.17, 15) is 0 Å². The highest BCUT2D eigenvalue weighted by atomic mass is 16.5. The quantitative estimate of drug-likeness (QED) is 0.663. The van der Waals surface area contributed by atoms with Gasteiger partial charge in [-0.1, -0.05) is 5.16 Å². The number of aromatic nitrogens is 4. The van der Waals surface area contributed by atoms with E-state index in [4.69, 9.17) is 19.2 Å². The molecule has 9 nitrogen and oxygen atoms in total. The largest absolute Gasteiger partial charge is 0.483 e. The van der Waals surface area contributed by atoms with Crippen LogP contribution in [0, 0.1) is 19.8 Å². The van der Waals surface area contributed by atoms with Crippen molar-refractivity contribution in [2.45, 2.75) is 26.3 Å². The average Bonchev–Trinajstić information content (AvgIpc) is 3.25. The number of fused-ring (bicyclic) bond motifs is 1. The highest BCUT2D eigenvalue weighted by Crippen LogP contribution is 2.25. The summed E-state index contributed by atoms with van der Waals surface area (Å²) in [4.78, 5) is 21.6. The van der Waals surface area contributed by atoms with Crippen molar-refractivity contribution < 1.29 is 19.2 Å². The first-order valence-corrected chi connectivity index (χ1v) is 8.53. The van der Waals surface area contributed by atoms with Gasteiger partial charge in [0, 0.05) is 24.1 Å². The second-order valence-corrected chi connectivity index (χ2v) is 6.34. The molecule has 0 aliphatic carbocycles. The van der Waals surface area contributed by atoms with Crippen molar-refractivity contribution in [3.05, 3.63) is 41.7 Å². The molecule has 0 radical (unpaired) electrons. The van der Waals surface area contributed by atoms with Gasteiger partial charge in [0.15, 0.2) is 5.82 Å². The number of anilines is 1. The smallest absolute Gasteiger partial charge is 0.290 e. The fourth-order valence-electron chi connectivity index (χ4n) is 3.05. The molecule has 4 rings (SSSR count). The number of carboxylic acid groups (broad SMARTS) is 1. The topological polar surface area (TPSA) is 123 Å². The summed E-state index contributed by atoms with van der Waals surface area (Å²) >= 11 is 0. The Morgan fingerprint density at radius 2 is 2.07 bits per heavy atom. The lowest BCUT2D eigenvalue weighted by Crippen LogP contribution is -2.29. The van der Waals surface area contributed by atoms with E-state index in [2.05, 4.69) is 25.4 Å². The minimum Gasteiger partial charge on any atom is -0.483 e. The fourth-order valence-corrected chi connectivity index (χ4v) is 3.05. The van der Waals surface area contributed by atoms with Crippen LogP contribution in [0.2, 0.25) is 0 Å². The number of pyridine rings is 1. The number of aryl methyl sites for hydroxylation is 2. The molecule has 1 fully saturated rings. The highest BCUT2D eigenvalue weighted by molar-refractivity contribution is 5.84. The predicted molar refractivity (Wildman–Crippen MR) is 97.4 cm³/mol. The second-order valence-electron chi connectivity index (χ2n) is 6.34. The second kappa shape index (κ2) is 8.54. The Morgan fingerprint density at radius 1 is 1.26 bits per heavy atom. The van der Waals surface area contributed by atoms with Crippen LogP contribution in [0.5, 0.6) is 0 Å². The third kappa shape index (κ3) is 4.56. The summed E-state index contributed by atoms with van der Waals surface area (Å²) in [6.07, 6.45) is 2.35. The molecule has 1 aliphatic heterocycles. The van der Waals surface area contributed by atoms with Crippen molar-refractivity contribution in [2.75, 3.05) is 18.5 Å². The Hall–Kier alpha value is -3.07. The minimum atomic E-state index is -0.250. The maximum absolute atomic E-state index is 8.36. The van der Waals surface area contributed by atoms with Gasteiger partial charge in [0.1, 0.15) is 17.6 Å². The predicted octanol–water partition coefficient (Wildman–Crippen LogP) is 2.00. The molecule has 0 saturated carbocycles. The number of rotatable bonds is 4. The van der Waals surface area contributed by atoms with E-state index in [0.717, 1.165) is 40.4 Å². The summed E-state index contributed by atoms with van der Waals surface area (Å²) in [5.41, 5.74) is 3.46. The van der Waals surface area contributed by atoms with Crippen LogP contribution in [0.25, 0.3) is 11.0 Å². The van der Waals surface area contributed by atoms with E-state index >= 15 is 0 Å². The van der Waals surface area contributed by atoms with E-state index < -0.39 is 0 Å². The Kier molecular flexibility index (Phi) is 5.92. The van der Waals surface area contributed by atoms with Gasteiger partial charge in [0.2, 0.25) is 0 Å². The van der Waals surface area contributed by atoms with Crippen LogP contribution in [0.15, 0.2) is 29.0 Å². The van der Waals surface area contributed by atoms with Crippen LogP contribution in [0.4, 0.5) is 5.82 Å². The van der Waals surface area contributed by atoms with Crippen LogP contribution in [0.3, 0.4) is 0 Å². The number of hydrogen-bond acceptors (Lipinski definition) is 8. The molecule has 27 heavy (non-hydrogen) atoms. The molecular formula is C18H21N5O4. The minimum absolute atomic E-state index is 0.149. The Morgan fingerprint density at radius 3 is 2.81 bits per heavy atom. The first-order valence-electron chi connectivity index (χ1n) is 8.53. The van der Waals surface area contributed by atoms with Gasteiger partial charge in [-0.05, 0) is 26.0 Å². The molecule has 9 heteroatoms. The molecule has 0 unspecified atom stereocenters. The van der Waals surface area contributed by atoms with Gasteiger partial charge in [0.25, 0.3) is 6.47 Å². The van der Waals surface area contributed by atoms with E-state index in [1.165, 1.54) is 0 Å². The van der Waals surface area contributed by atoms with Gasteiger partial charge in [-0.15, -0.1) is 0 Å². The molecule has 0 aromatic carbocycles. The maximum atomic E-state index is 8.36. The third-order valence-corrected chi connectivity index (χ3v) is 4.28. The monoisotopic (exact) mass is 371 g/mol. The Bertz CT molecular complexity index is 914. The molecular weight excluding hydrogens is 350 g/mol. The van der Waals surface area contributed by atoms with Crippen molar-refractivity contribution in [1.29, 1.82) is 0 Å². The molecule has 2 N–H and O–H groups in total. The Balaban J connectivity index is 0.000000659. The van der Waals surface area contributed by atoms with Gasteiger partial charge in [0.05, 0.1) is 30.5 Å². The molecule has 1 aliphatic rings. The number of nitrogens with one attached hydrogen (secondary N) is 1. The lowest BCUT2D eigenvalue weighted by atomic mass is 9.98. The average molecular weight is 371 g/mol. The molecule has 0 spiro atoms. The molecule has 4 heterocycles. The zero-order valence-electron chi connectivity index (χ0n) is 15.1. The van der Waals surface area contributed by atoms with Crippen molar-refractivity contribution in [3.63, 3.8) is 0 Å². The molecule has 0 bridgehead atoms. The first-order chi connectivity index (χ1) is 13.1. The van der Waals surface area contributed by atoms with E-state index in [-0.39, 0.29) is 12.5 Å². The number of carbonyl (C=O) groups is 1. The fraction of sp³-hybridized carbons (Fsp3) is 0.389. The van der Waals surface area contributed by atoms with Crippen LogP contribution in [-0.2, 0) is 16.0 Å². The van der Waals surface area contributed by atoms with Gasteiger partial charge in [-0.25, -0.2) is 15.0 Å². The summed E-state index contributed by atoms with van der Waals surface area (Å²) in [6, 6.07) is 6.04. The summed E-state index contributed by atoms with van der Waals surface area (Å²) < 4.78 is 11.0. The third-order valence-electron chi connectivity index (χ3n) is 4.28. The SMILES string of the molecule is Cc1cc(C[C@@H]2COC[C@@H]2Nc2ncnc3ccc(C)nc23)on1.O=CO. The number of ether oxygens (including phenoxy) is 1. The molecule has 2 atom stereocenters. The summed E-state index contributed by atoms with van der Waals surface area (Å²) in [5.74, 6) is 1.93. The van der Waals surface area contributed by atoms with Crippen molar-refractivity contribution in [1.82, 2.24) is 20.1 Å². The number of hydrogen-bond donors (Lipinski definition) is 2. The first kappa shape index (κ1) is 18.7. The zero-order valence-corrected chi connectivity index (χ0v) is 15.1. The maximum Gasteiger partial charge on any atom is 0.290 e. The van der Waals surface area contributed by atoms with Crippen LogP contribution < -0.4 is 5.32 Å². The lowest BCUT2D eigenvalue weighted by Gasteiger charge is -2.19. The Labute approximate surface area is 155 Å². The molecule has 1 saturated heterocycles. The molecule has 0 amide bonds. The molecule has 3 aromatic rings. The summed E-state index contributed by atoms with van der Waals surface area (Å²) in [7, 11) is 0. The van der Waals surface area contributed by atoms with Gasteiger partial charge < -0.3 is 19.7 Å². The molecule has 142 valence electrons. The van der Waals surface area contributed by atoms with Crippen molar-refractivity contribution in [3.8, 4) is 0 Å². The zero-order chi connectivity index (χ0) is 19.2. The number of nitrogens with zero attached hydrogens (tertiary/aromatic N) is 4. The van der Waals surface area contributed by atoms with Gasteiger partial charge in [-0.2, -0.15) is 0 Å².